The molecule has 0 atom stereocenters. The van der Waals surface area contributed by atoms with Gasteiger partial charge in [0, 0.05) is 6.08 Å². The molecule has 1 fully saturated rings. The molecule has 0 aromatic heterocycles. The minimum atomic E-state index is -1.12. The van der Waals surface area contributed by atoms with Gasteiger partial charge in [0.2, 0.25) is 9.04 Å². The summed E-state index contributed by atoms with van der Waals surface area (Å²) in [6.45, 7) is 3.37. The third-order valence-corrected chi connectivity index (χ3v) is 4.67. The average molecular weight is 170 g/mol. The molecule has 1 aliphatic rings. The molecule has 0 amide bonds. The summed E-state index contributed by atoms with van der Waals surface area (Å²) in [5.74, 6) is -0.219. The molecule has 1 heterocycles. The number of hydrogen-bond acceptors (Lipinski definition) is 2. The number of rotatable bonds is 2. The van der Waals surface area contributed by atoms with Crippen molar-refractivity contribution >= 4 is 15.0 Å². The first-order valence-corrected chi connectivity index (χ1v) is 6.26. The second-order valence-corrected chi connectivity index (χ2v) is 5.54. The highest BCUT2D eigenvalue weighted by molar-refractivity contribution is 6.54. The number of carbonyl (C=O) groups is 1. The SMILES string of the molecule is C=CC(=O)O[SiH]1CCCCC1. The van der Waals surface area contributed by atoms with Gasteiger partial charge in [-0.2, -0.15) is 0 Å². The molecule has 62 valence electrons. The van der Waals surface area contributed by atoms with E-state index in [-0.39, 0.29) is 5.97 Å². The van der Waals surface area contributed by atoms with Crippen LogP contribution in [-0.4, -0.2) is 15.0 Å². The highest BCUT2D eigenvalue weighted by atomic mass is 28.3. The Bertz CT molecular complexity index is 150. The number of hydrogen-bond donors (Lipinski definition) is 0. The summed E-state index contributed by atoms with van der Waals surface area (Å²) in [7, 11) is -1.12. The molecule has 0 aromatic carbocycles. The van der Waals surface area contributed by atoms with Crippen LogP contribution in [0.2, 0.25) is 12.1 Å². The van der Waals surface area contributed by atoms with Crippen molar-refractivity contribution in [3.63, 3.8) is 0 Å². The van der Waals surface area contributed by atoms with Gasteiger partial charge in [-0.15, -0.1) is 0 Å². The molecule has 0 bridgehead atoms. The maximum atomic E-state index is 10.8. The zero-order valence-corrected chi connectivity index (χ0v) is 7.87. The van der Waals surface area contributed by atoms with E-state index in [9.17, 15) is 4.79 Å². The molecule has 2 nitrogen and oxygen atoms in total. The summed E-state index contributed by atoms with van der Waals surface area (Å²) >= 11 is 0. The van der Waals surface area contributed by atoms with Gasteiger partial charge in [0.15, 0.2) is 0 Å². The van der Waals surface area contributed by atoms with E-state index in [1.54, 1.807) is 0 Å². The van der Waals surface area contributed by atoms with E-state index in [0.29, 0.717) is 0 Å². The fourth-order valence-corrected chi connectivity index (χ4v) is 3.83. The lowest BCUT2D eigenvalue weighted by atomic mass is 10.3. The molecular formula is C8H14O2Si. The third-order valence-electron chi connectivity index (χ3n) is 2.00. The maximum Gasteiger partial charge on any atom is 0.316 e. The van der Waals surface area contributed by atoms with E-state index in [0.717, 1.165) is 0 Å². The first kappa shape index (κ1) is 8.52. The fraction of sp³-hybridized carbons (Fsp3) is 0.625. The van der Waals surface area contributed by atoms with Crippen molar-refractivity contribution in [2.24, 2.45) is 0 Å². The molecule has 0 aromatic rings. The van der Waals surface area contributed by atoms with Gasteiger partial charge < -0.3 is 4.43 Å². The molecule has 0 aliphatic carbocycles. The smallest absolute Gasteiger partial charge is 0.316 e. The molecule has 0 spiro atoms. The molecule has 1 saturated heterocycles. The quantitative estimate of drug-likeness (QED) is 0.465. The van der Waals surface area contributed by atoms with Crippen molar-refractivity contribution < 1.29 is 9.22 Å². The largest absolute Gasteiger partial charge is 0.519 e. The first-order chi connectivity index (χ1) is 5.33. The van der Waals surface area contributed by atoms with Crippen molar-refractivity contribution in [1.82, 2.24) is 0 Å². The van der Waals surface area contributed by atoms with Crippen LogP contribution in [0.25, 0.3) is 0 Å². The van der Waals surface area contributed by atoms with Gasteiger partial charge in [0.25, 0.3) is 0 Å². The fourth-order valence-electron chi connectivity index (χ4n) is 1.40. The van der Waals surface area contributed by atoms with Crippen LogP contribution in [0.15, 0.2) is 12.7 Å². The Morgan fingerprint density at radius 2 is 2.00 bits per heavy atom. The monoisotopic (exact) mass is 170 g/mol. The molecule has 1 aliphatic heterocycles. The van der Waals surface area contributed by atoms with Crippen LogP contribution >= 0.6 is 0 Å². The van der Waals surface area contributed by atoms with Gasteiger partial charge in [-0.05, 0) is 12.1 Å². The van der Waals surface area contributed by atoms with E-state index in [4.69, 9.17) is 4.43 Å². The Morgan fingerprint density at radius 1 is 1.36 bits per heavy atom. The molecule has 0 unspecified atom stereocenters. The van der Waals surface area contributed by atoms with Crippen LogP contribution in [0.3, 0.4) is 0 Å². The molecule has 11 heavy (non-hydrogen) atoms. The summed E-state index contributed by atoms with van der Waals surface area (Å²) < 4.78 is 5.22. The first-order valence-electron chi connectivity index (χ1n) is 4.16. The van der Waals surface area contributed by atoms with E-state index in [1.807, 2.05) is 0 Å². The second-order valence-electron chi connectivity index (χ2n) is 2.90. The van der Waals surface area contributed by atoms with E-state index in [2.05, 4.69) is 6.58 Å². The zero-order chi connectivity index (χ0) is 8.10. The zero-order valence-electron chi connectivity index (χ0n) is 6.71. The second kappa shape index (κ2) is 4.33. The Balaban J connectivity index is 2.24. The summed E-state index contributed by atoms with van der Waals surface area (Å²) in [6.07, 6.45) is 5.08. The molecular weight excluding hydrogens is 156 g/mol. The van der Waals surface area contributed by atoms with Gasteiger partial charge in [0.05, 0.1) is 0 Å². The van der Waals surface area contributed by atoms with Crippen LogP contribution in [0.1, 0.15) is 19.3 Å². The van der Waals surface area contributed by atoms with Crippen LogP contribution < -0.4 is 0 Å². The Morgan fingerprint density at radius 3 is 2.55 bits per heavy atom. The van der Waals surface area contributed by atoms with E-state index < -0.39 is 9.04 Å². The van der Waals surface area contributed by atoms with Crippen LogP contribution in [-0.2, 0) is 9.22 Å². The predicted octanol–water partition coefficient (Wildman–Crippen LogP) is 1.62. The minimum Gasteiger partial charge on any atom is -0.519 e. The molecule has 0 radical (unpaired) electrons. The van der Waals surface area contributed by atoms with Crippen LogP contribution in [0.5, 0.6) is 0 Å². The van der Waals surface area contributed by atoms with Crippen molar-refractivity contribution in [2.75, 3.05) is 0 Å². The topological polar surface area (TPSA) is 26.3 Å². The lowest BCUT2D eigenvalue weighted by Gasteiger charge is -2.19. The van der Waals surface area contributed by atoms with E-state index >= 15 is 0 Å². The summed E-state index contributed by atoms with van der Waals surface area (Å²) in [5, 5.41) is 0. The molecule has 1 rings (SSSR count). The maximum absolute atomic E-state index is 10.8. The van der Waals surface area contributed by atoms with Gasteiger partial charge >= 0.3 is 5.97 Å². The third kappa shape index (κ3) is 2.88. The summed E-state index contributed by atoms with van der Waals surface area (Å²) in [6, 6.07) is 2.33. The Kier molecular flexibility index (Phi) is 3.36. The van der Waals surface area contributed by atoms with Gasteiger partial charge in [0.1, 0.15) is 0 Å². The molecule has 0 N–H and O–H groups in total. The van der Waals surface area contributed by atoms with Gasteiger partial charge in [-0.25, -0.2) is 4.79 Å². The highest BCUT2D eigenvalue weighted by Crippen LogP contribution is 2.19. The lowest BCUT2D eigenvalue weighted by molar-refractivity contribution is -0.129. The van der Waals surface area contributed by atoms with Crippen molar-refractivity contribution in [3.05, 3.63) is 12.7 Å². The van der Waals surface area contributed by atoms with Gasteiger partial charge in [-0.3, -0.25) is 0 Å². The van der Waals surface area contributed by atoms with Crippen LogP contribution in [0, 0.1) is 0 Å². The Labute approximate surface area is 69.0 Å². The Hall–Kier alpha value is -0.573. The van der Waals surface area contributed by atoms with E-state index in [1.165, 1.54) is 37.4 Å². The normalized spacial score (nSPS) is 19.3. The lowest BCUT2D eigenvalue weighted by Crippen LogP contribution is -2.23. The summed E-state index contributed by atoms with van der Waals surface area (Å²) in [4.78, 5) is 10.8. The average Bonchev–Trinajstić information content (AvgIpc) is 2.06. The predicted molar refractivity (Wildman–Crippen MR) is 46.9 cm³/mol. The number of carbonyl (C=O) groups excluding carboxylic acids is 1. The van der Waals surface area contributed by atoms with Gasteiger partial charge in [-0.1, -0.05) is 25.8 Å². The van der Waals surface area contributed by atoms with Crippen molar-refractivity contribution in [3.8, 4) is 0 Å². The van der Waals surface area contributed by atoms with Crippen molar-refractivity contribution in [1.29, 1.82) is 0 Å². The summed E-state index contributed by atoms with van der Waals surface area (Å²) in [5.41, 5.74) is 0. The highest BCUT2D eigenvalue weighted by Gasteiger charge is 2.18. The molecule has 3 heteroatoms. The molecule has 0 saturated carbocycles. The minimum absolute atomic E-state index is 0.219. The van der Waals surface area contributed by atoms with Crippen LogP contribution in [0.4, 0.5) is 0 Å². The van der Waals surface area contributed by atoms with Crippen molar-refractivity contribution in [2.45, 2.75) is 31.4 Å². The standard InChI is InChI=1S/C8H14O2Si/c1-2-8(9)10-11-6-4-3-5-7-11/h2,11H,1,3-7H2.